The minimum atomic E-state index is -0.530. The van der Waals surface area contributed by atoms with Crippen LogP contribution in [0.3, 0.4) is 0 Å². The molecule has 0 saturated heterocycles. The molecule has 0 saturated carbocycles. The van der Waals surface area contributed by atoms with Crippen molar-refractivity contribution >= 4 is 29.7 Å². The molecule has 1 aromatic heterocycles. The molecule has 4 aromatic rings. The molecule has 4 rings (SSSR count). The quantitative estimate of drug-likeness (QED) is 0.154. The van der Waals surface area contributed by atoms with Crippen molar-refractivity contribution in [1.82, 2.24) is 9.99 Å². The van der Waals surface area contributed by atoms with E-state index in [2.05, 4.69) is 10.5 Å². The number of ether oxygens (including phenoxy) is 2. The van der Waals surface area contributed by atoms with E-state index in [9.17, 15) is 9.59 Å². The van der Waals surface area contributed by atoms with Gasteiger partial charge in [-0.25, -0.2) is 10.2 Å². The van der Waals surface area contributed by atoms with Crippen molar-refractivity contribution in [3.63, 3.8) is 0 Å². The van der Waals surface area contributed by atoms with Crippen LogP contribution in [0.25, 0.3) is 5.69 Å². The Morgan fingerprint density at radius 1 is 0.971 bits per heavy atom. The second-order valence-electron chi connectivity index (χ2n) is 7.34. The van der Waals surface area contributed by atoms with Gasteiger partial charge in [-0.05, 0) is 79.2 Å². The molecule has 0 aliphatic carbocycles. The van der Waals surface area contributed by atoms with Crippen molar-refractivity contribution in [2.45, 2.75) is 6.92 Å². The summed E-state index contributed by atoms with van der Waals surface area (Å²) in [5.41, 5.74) is 4.80. The predicted molar refractivity (Wildman–Crippen MR) is 135 cm³/mol. The molecule has 0 fully saturated rings. The van der Waals surface area contributed by atoms with E-state index in [0.717, 1.165) is 5.69 Å². The summed E-state index contributed by atoms with van der Waals surface area (Å²) < 4.78 is 13.0. The van der Waals surface area contributed by atoms with E-state index in [0.29, 0.717) is 34.1 Å². The molecule has 1 N–H and O–H groups in total. The summed E-state index contributed by atoms with van der Waals surface area (Å²) in [5, 5.41) is 4.61. The van der Waals surface area contributed by atoms with E-state index < -0.39 is 5.97 Å². The van der Waals surface area contributed by atoms with Gasteiger partial charge in [0, 0.05) is 17.4 Å². The van der Waals surface area contributed by atoms with Gasteiger partial charge in [0.2, 0.25) is 0 Å². The van der Waals surface area contributed by atoms with E-state index in [1.54, 1.807) is 54.6 Å². The number of para-hydroxylation sites is 1. The number of hydrazone groups is 1. The maximum Gasteiger partial charge on any atom is 0.343 e. The van der Waals surface area contributed by atoms with Crippen LogP contribution in [-0.4, -0.2) is 29.3 Å². The minimum absolute atomic E-state index is 0.272. The van der Waals surface area contributed by atoms with E-state index in [1.165, 1.54) is 6.21 Å². The number of benzene rings is 3. The summed E-state index contributed by atoms with van der Waals surface area (Å²) in [6.45, 7) is 2.20. The summed E-state index contributed by atoms with van der Waals surface area (Å²) in [6.07, 6.45) is 5.22. The van der Waals surface area contributed by atoms with Gasteiger partial charge in [-0.3, -0.25) is 4.79 Å². The Morgan fingerprint density at radius 3 is 2.46 bits per heavy atom. The van der Waals surface area contributed by atoms with Crippen molar-refractivity contribution in [3.05, 3.63) is 113 Å². The lowest BCUT2D eigenvalue weighted by Crippen LogP contribution is -2.19. The highest BCUT2D eigenvalue weighted by molar-refractivity contribution is 6.30. The highest BCUT2D eigenvalue weighted by Crippen LogP contribution is 2.29. The van der Waals surface area contributed by atoms with Gasteiger partial charge in [0.05, 0.1) is 29.6 Å². The molecule has 0 aliphatic rings. The fourth-order valence-electron chi connectivity index (χ4n) is 3.31. The van der Waals surface area contributed by atoms with Gasteiger partial charge in [-0.15, -0.1) is 0 Å². The van der Waals surface area contributed by atoms with Crippen molar-refractivity contribution in [1.29, 1.82) is 0 Å². The summed E-state index contributed by atoms with van der Waals surface area (Å²) in [7, 11) is 0. The molecule has 7 nitrogen and oxygen atoms in total. The predicted octanol–water partition coefficient (Wildman–Crippen LogP) is 5.51. The van der Waals surface area contributed by atoms with Crippen LogP contribution in [0.15, 0.2) is 96.4 Å². The van der Waals surface area contributed by atoms with Crippen LogP contribution in [0.5, 0.6) is 11.5 Å². The average molecular weight is 488 g/mol. The van der Waals surface area contributed by atoms with Gasteiger partial charge in [0.25, 0.3) is 5.91 Å². The van der Waals surface area contributed by atoms with Crippen molar-refractivity contribution in [2.75, 3.05) is 6.61 Å². The normalized spacial score (nSPS) is 10.8. The number of halogens is 1. The molecule has 0 atom stereocenters. The van der Waals surface area contributed by atoms with Gasteiger partial charge in [-0.2, -0.15) is 5.10 Å². The lowest BCUT2D eigenvalue weighted by molar-refractivity contribution is 0.0728. The standard InChI is InChI=1S/C27H22ClN3O4/c1-2-34-25-17-19(9-14-24(25)35-27(33)20-10-12-21(28)13-11-20)18-29-30-26(32)22-7-3-4-8-23(22)31-15-5-6-16-31/h3-18H,2H2,1H3,(H,30,32)/b29-18-. The molecule has 35 heavy (non-hydrogen) atoms. The zero-order valence-corrected chi connectivity index (χ0v) is 19.6. The Hall–Kier alpha value is -4.36. The van der Waals surface area contributed by atoms with Gasteiger partial charge in [0.1, 0.15) is 0 Å². The van der Waals surface area contributed by atoms with E-state index >= 15 is 0 Å². The van der Waals surface area contributed by atoms with Crippen LogP contribution < -0.4 is 14.9 Å². The lowest BCUT2D eigenvalue weighted by atomic mass is 10.1. The minimum Gasteiger partial charge on any atom is -0.490 e. The smallest absolute Gasteiger partial charge is 0.343 e. The number of nitrogens with zero attached hydrogens (tertiary/aromatic N) is 2. The second-order valence-corrected chi connectivity index (χ2v) is 7.78. The molecular formula is C27H22ClN3O4. The first-order valence-corrected chi connectivity index (χ1v) is 11.2. The van der Waals surface area contributed by atoms with E-state index in [4.69, 9.17) is 21.1 Å². The molecule has 0 spiro atoms. The van der Waals surface area contributed by atoms with E-state index in [1.807, 2.05) is 48.1 Å². The van der Waals surface area contributed by atoms with Gasteiger partial charge < -0.3 is 14.0 Å². The zero-order valence-electron chi connectivity index (χ0n) is 18.9. The third-order valence-electron chi connectivity index (χ3n) is 4.96. The molecule has 0 aliphatic heterocycles. The number of carbonyl (C=O) groups excluding carboxylic acids is 2. The van der Waals surface area contributed by atoms with Crippen LogP contribution >= 0.6 is 11.6 Å². The Balaban J connectivity index is 1.46. The van der Waals surface area contributed by atoms with Crippen molar-refractivity contribution < 1.29 is 19.1 Å². The number of hydrogen-bond donors (Lipinski definition) is 1. The van der Waals surface area contributed by atoms with Crippen molar-refractivity contribution in [2.24, 2.45) is 5.10 Å². The van der Waals surface area contributed by atoms with Crippen LogP contribution in [0.2, 0.25) is 5.02 Å². The van der Waals surface area contributed by atoms with Crippen LogP contribution in [0, 0.1) is 0 Å². The lowest BCUT2D eigenvalue weighted by Gasteiger charge is -2.11. The molecule has 8 heteroatoms. The van der Waals surface area contributed by atoms with Crippen LogP contribution in [0.1, 0.15) is 33.2 Å². The number of hydrogen-bond acceptors (Lipinski definition) is 5. The Bertz CT molecular complexity index is 1350. The maximum atomic E-state index is 12.7. The SMILES string of the molecule is CCOc1cc(/C=N\NC(=O)c2ccccc2-n2cccc2)ccc1OC(=O)c1ccc(Cl)cc1. The number of carbonyl (C=O) groups is 2. The first-order valence-electron chi connectivity index (χ1n) is 10.9. The van der Waals surface area contributed by atoms with Gasteiger partial charge in [-0.1, -0.05) is 23.7 Å². The first-order chi connectivity index (χ1) is 17.0. The summed E-state index contributed by atoms with van der Waals surface area (Å²) in [5.74, 6) is -0.224. The summed E-state index contributed by atoms with van der Waals surface area (Å²) >= 11 is 5.88. The monoisotopic (exact) mass is 487 g/mol. The average Bonchev–Trinajstić information content (AvgIpc) is 3.41. The third-order valence-corrected chi connectivity index (χ3v) is 5.21. The first kappa shape index (κ1) is 23.8. The van der Waals surface area contributed by atoms with Gasteiger partial charge >= 0.3 is 5.97 Å². The summed E-state index contributed by atoms with van der Waals surface area (Å²) in [6, 6.07) is 22.4. The Labute approximate surface area is 207 Å². The number of nitrogens with one attached hydrogen (secondary N) is 1. The molecule has 1 heterocycles. The number of esters is 1. The highest BCUT2D eigenvalue weighted by atomic mass is 35.5. The van der Waals surface area contributed by atoms with Gasteiger partial charge in [0.15, 0.2) is 11.5 Å². The summed E-state index contributed by atoms with van der Waals surface area (Å²) in [4.78, 5) is 25.2. The molecule has 176 valence electrons. The second kappa shape index (κ2) is 11.2. The number of aromatic nitrogens is 1. The largest absolute Gasteiger partial charge is 0.490 e. The molecule has 0 radical (unpaired) electrons. The number of rotatable bonds is 8. The van der Waals surface area contributed by atoms with Crippen molar-refractivity contribution in [3.8, 4) is 17.2 Å². The molecule has 3 aromatic carbocycles. The number of amides is 1. The highest BCUT2D eigenvalue weighted by Gasteiger charge is 2.14. The zero-order chi connectivity index (χ0) is 24.6. The van der Waals surface area contributed by atoms with E-state index in [-0.39, 0.29) is 11.7 Å². The maximum absolute atomic E-state index is 12.7. The Kier molecular flexibility index (Phi) is 7.60. The molecular weight excluding hydrogens is 466 g/mol. The molecule has 1 amide bonds. The third kappa shape index (κ3) is 5.96. The fraction of sp³-hybridized carbons (Fsp3) is 0.0741. The molecule has 0 bridgehead atoms. The fourth-order valence-corrected chi connectivity index (χ4v) is 3.44. The topological polar surface area (TPSA) is 81.9 Å². The van der Waals surface area contributed by atoms with Crippen LogP contribution in [-0.2, 0) is 0 Å². The molecule has 0 unspecified atom stereocenters. The van der Waals surface area contributed by atoms with Crippen LogP contribution in [0.4, 0.5) is 0 Å². The Morgan fingerprint density at radius 2 is 1.71 bits per heavy atom.